The van der Waals surface area contributed by atoms with Gasteiger partial charge in [-0.1, -0.05) is 30.3 Å². The molecule has 7 nitrogen and oxygen atoms in total. The summed E-state index contributed by atoms with van der Waals surface area (Å²) in [6.45, 7) is 2.25. The average molecular weight is 445 g/mol. The van der Waals surface area contributed by atoms with Gasteiger partial charge < -0.3 is 25.6 Å². The summed E-state index contributed by atoms with van der Waals surface area (Å²) in [5, 5.41) is 8.77. The van der Waals surface area contributed by atoms with E-state index in [1.807, 2.05) is 54.6 Å². The summed E-state index contributed by atoms with van der Waals surface area (Å²) < 4.78 is 5.24. The summed E-state index contributed by atoms with van der Waals surface area (Å²) in [5.74, 6) is 0.547. The molecule has 1 saturated heterocycles. The fourth-order valence-electron chi connectivity index (χ4n) is 3.87. The van der Waals surface area contributed by atoms with Gasteiger partial charge in [-0.15, -0.1) is 0 Å². The van der Waals surface area contributed by atoms with Gasteiger partial charge in [0.1, 0.15) is 5.75 Å². The second-order valence-corrected chi connectivity index (χ2v) is 7.91. The van der Waals surface area contributed by atoms with Crippen LogP contribution in [-0.4, -0.2) is 32.1 Å². The minimum atomic E-state index is -0.315. The van der Waals surface area contributed by atoms with Crippen LogP contribution in [0.15, 0.2) is 72.8 Å². The lowest BCUT2D eigenvalue weighted by molar-refractivity contribution is 0.102. The number of rotatable bonds is 7. The Hall–Kier alpha value is -4.00. The molecule has 0 aliphatic carbocycles. The standard InChI is InChI=1S/C26H28N4O3/c1-33-22-11-7-8-19(16-22)18-27-26(32)29-23-17-21(12-13-24(23)30-14-5-6-15-30)28-25(31)20-9-3-2-4-10-20/h2-4,7-13,16-17H,5-6,14-15,18H2,1H3,(H,28,31)(H2,27,29,32). The van der Waals surface area contributed by atoms with Crippen LogP contribution in [-0.2, 0) is 6.54 Å². The van der Waals surface area contributed by atoms with Gasteiger partial charge >= 0.3 is 6.03 Å². The Labute approximate surface area is 193 Å². The van der Waals surface area contributed by atoms with Crippen LogP contribution in [0.3, 0.4) is 0 Å². The molecule has 1 aliphatic heterocycles. The lowest BCUT2D eigenvalue weighted by Crippen LogP contribution is -2.29. The van der Waals surface area contributed by atoms with Crippen LogP contribution in [0.1, 0.15) is 28.8 Å². The van der Waals surface area contributed by atoms with E-state index in [4.69, 9.17) is 4.74 Å². The Balaban J connectivity index is 1.48. The van der Waals surface area contributed by atoms with Crippen molar-refractivity contribution in [3.8, 4) is 5.75 Å². The lowest BCUT2D eigenvalue weighted by Gasteiger charge is -2.22. The number of carbonyl (C=O) groups excluding carboxylic acids is 2. The predicted molar refractivity (Wildman–Crippen MR) is 131 cm³/mol. The third-order valence-electron chi connectivity index (χ3n) is 5.57. The molecule has 7 heteroatoms. The van der Waals surface area contributed by atoms with E-state index in [1.54, 1.807) is 25.3 Å². The Morgan fingerprint density at radius 2 is 1.70 bits per heavy atom. The number of urea groups is 1. The van der Waals surface area contributed by atoms with Gasteiger partial charge in [0.05, 0.1) is 18.5 Å². The Kier molecular flexibility index (Phi) is 7.09. The molecular weight excluding hydrogens is 416 g/mol. The van der Waals surface area contributed by atoms with Gasteiger partial charge in [-0.25, -0.2) is 4.79 Å². The molecule has 3 aromatic carbocycles. The minimum Gasteiger partial charge on any atom is -0.497 e. The number of hydrogen-bond acceptors (Lipinski definition) is 4. The molecule has 170 valence electrons. The van der Waals surface area contributed by atoms with Gasteiger partial charge in [0.15, 0.2) is 0 Å². The summed E-state index contributed by atoms with van der Waals surface area (Å²) in [5.41, 5.74) is 3.74. The first kappa shape index (κ1) is 22.2. The van der Waals surface area contributed by atoms with Crippen LogP contribution in [0.25, 0.3) is 0 Å². The number of nitrogens with zero attached hydrogens (tertiary/aromatic N) is 1. The van der Waals surface area contributed by atoms with Gasteiger partial charge in [-0.3, -0.25) is 4.79 Å². The Bertz CT molecular complexity index is 1110. The maximum absolute atomic E-state index is 12.7. The highest BCUT2D eigenvalue weighted by Gasteiger charge is 2.18. The van der Waals surface area contributed by atoms with Gasteiger partial charge in [0.25, 0.3) is 5.91 Å². The lowest BCUT2D eigenvalue weighted by atomic mass is 10.2. The molecule has 0 spiro atoms. The number of carbonyl (C=O) groups is 2. The molecule has 0 bridgehead atoms. The second kappa shape index (κ2) is 10.5. The molecule has 3 amide bonds. The highest BCUT2D eigenvalue weighted by Crippen LogP contribution is 2.32. The topological polar surface area (TPSA) is 82.7 Å². The average Bonchev–Trinajstić information content (AvgIpc) is 3.38. The summed E-state index contributed by atoms with van der Waals surface area (Å²) in [7, 11) is 1.61. The molecule has 1 fully saturated rings. The van der Waals surface area contributed by atoms with Crippen molar-refractivity contribution >= 4 is 29.0 Å². The van der Waals surface area contributed by atoms with E-state index in [2.05, 4.69) is 20.9 Å². The fraction of sp³-hybridized carbons (Fsp3) is 0.231. The number of ether oxygens (including phenoxy) is 1. The molecule has 33 heavy (non-hydrogen) atoms. The maximum Gasteiger partial charge on any atom is 0.319 e. The van der Waals surface area contributed by atoms with Crippen LogP contribution < -0.4 is 25.6 Å². The zero-order chi connectivity index (χ0) is 23.0. The van der Waals surface area contributed by atoms with Gasteiger partial charge in [0, 0.05) is 30.9 Å². The Morgan fingerprint density at radius 1 is 0.909 bits per heavy atom. The summed E-state index contributed by atoms with van der Waals surface area (Å²) in [4.78, 5) is 27.5. The van der Waals surface area contributed by atoms with E-state index in [0.717, 1.165) is 42.9 Å². The van der Waals surface area contributed by atoms with E-state index in [1.165, 1.54) is 0 Å². The monoisotopic (exact) mass is 444 g/mol. The number of nitrogens with one attached hydrogen (secondary N) is 3. The van der Waals surface area contributed by atoms with Crippen molar-refractivity contribution in [2.24, 2.45) is 0 Å². The van der Waals surface area contributed by atoms with Gasteiger partial charge in [0.2, 0.25) is 0 Å². The molecule has 4 rings (SSSR count). The van der Waals surface area contributed by atoms with Crippen molar-refractivity contribution in [2.75, 3.05) is 35.7 Å². The first-order valence-electron chi connectivity index (χ1n) is 11.1. The van der Waals surface area contributed by atoms with Crippen LogP contribution in [0, 0.1) is 0 Å². The van der Waals surface area contributed by atoms with E-state index in [-0.39, 0.29) is 11.9 Å². The van der Waals surface area contributed by atoms with Gasteiger partial charge in [-0.2, -0.15) is 0 Å². The minimum absolute atomic E-state index is 0.196. The SMILES string of the molecule is COc1cccc(CNC(=O)Nc2cc(NC(=O)c3ccccc3)ccc2N2CCCC2)c1. The molecule has 1 aliphatic rings. The Morgan fingerprint density at radius 3 is 2.45 bits per heavy atom. The molecule has 0 atom stereocenters. The largest absolute Gasteiger partial charge is 0.497 e. The summed E-state index contributed by atoms with van der Waals surface area (Å²) >= 11 is 0. The molecule has 3 N–H and O–H groups in total. The van der Waals surface area contributed by atoms with E-state index >= 15 is 0 Å². The normalized spacial score (nSPS) is 12.8. The summed E-state index contributed by atoms with van der Waals surface area (Å²) in [6.07, 6.45) is 2.24. The third-order valence-corrected chi connectivity index (χ3v) is 5.57. The van der Waals surface area contributed by atoms with Gasteiger partial charge in [-0.05, 0) is 60.9 Å². The van der Waals surface area contributed by atoms with Crippen LogP contribution in [0.5, 0.6) is 5.75 Å². The van der Waals surface area contributed by atoms with Crippen molar-refractivity contribution < 1.29 is 14.3 Å². The van der Waals surface area contributed by atoms with E-state index in [9.17, 15) is 9.59 Å². The smallest absolute Gasteiger partial charge is 0.319 e. The van der Waals surface area contributed by atoms with Crippen molar-refractivity contribution in [1.82, 2.24) is 5.32 Å². The van der Waals surface area contributed by atoms with Crippen molar-refractivity contribution in [3.63, 3.8) is 0 Å². The zero-order valence-electron chi connectivity index (χ0n) is 18.6. The predicted octanol–water partition coefficient (Wildman–Crippen LogP) is 4.87. The summed E-state index contributed by atoms with van der Waals surface area (Å²) in [6, 6.07) is 21.9. The zero-order valence-corrected chi connectivity index (χ0v) is 18.6. The van der Waals surface area contributed by atoms with E-state index < -0.39 is 0 Å². The number of amides is 3. The highest BCUT2D eigenvalue weighted by molar-refractivity contribution is 6.05. The van der Waals surface area contributed by atoms with Crippen LogP contribution >= 0.6 is 0 Å². The molecule has 3 aromatic rings. The number of anilines is 3. The maximum atomic E-state index is 12.7. The molecule has 1 heterocycles. The second-order valence-electron chi connectivity index (χ2n) is 7.91. The van der Waals surface area contributed by atoms with Crippen LogP contribution in [0.2, 0.25) is 0 Å². The van der Waals surface area contributed by atoms with Crippen LogP contribution in [0.4, 0.5) is 21.9 Å². The molecule has 0 aromatic heterocycles. The highest BCUT2D eigenvalue weighted by atomic mass is 16.5. The molecular formula is C26H28N4O3. The fourth-order valence-corrected chi connectivity index (χ4v) is 3.87. The molecule has 0 saturated carbocycles. The number of methoxy groups -OCH3 is 1. The van der Waals surface area contributed by atoms with Crippen molar-refractivity contribution in [2.45, 2.75) is 19.4 Å². The quantitative estimate of drug-likeness (QED) is 0.486. The molecule has 0 unspecified atom stereocenters. The first-order chi connectivity index (χ1) is 16.1. The number of hydrogen-bond donors (Lipinski definition) is 3. The van der Waals surface area contributed by atoms with Crippen molar-refractivity contribution in [1.29, 1.82) is 0 Å². The number of benzene rings is 3. The molecule has 0 radical (unpaired) electrons. The van der Waals surface area contributed by atoms with Crippen molar-refractivity contribution in [3.05, 3.63) is 83.9 Å². The third kappa shape index (κ3) is 5.83. The van der Waals surface area contributed by atoms with E-state index in [0.29, 0.717) is 23.5 Å². The first-order valence-corrected chi connectivity index (χ1v) is 11.1.